The van der Waals surface area contributed by atoms with Crippen molar-refractivity contribution in [2.75, 3.05) is 37.0 Å². The van der Waals surface area contributed by atoms with E-state index in [0.29, 0.717) is 6.54 Å². The molecular formula is C22H28BrN4O2S+. The lowest BCUT2D eigenvalue weighted by molar-refractivity contribution is -0.654. The minimum absolute atomic E-state index is 0.145. The van der Waals surface area contributed by atoms with Gasteiger partial charge in [0.1, 0.15) is 17.0 Å². The number of methoxy groups -OCH3 is 1. The number of alkyl halides is 1. The van der Waals surface area contributed by atoms with Crippen molar-refractivity contribution in [3.63, 3.8) is 0 Å². The topological polar surface area (TPSA) is 61.3 Å². The summed E-state index contributed by atoms with van der Waals surface area (Å²) < 4.78 is 8.71. The highest BCUT2D eigenvalue weighted by atomic mass is 79.9. The number of aromatic nitrogens is 1. The zero-order valence-corrected chi connectivity index (χ0v) is 19.8. The first-order valence-electron chi connectivity index (χ1n) is 10.1. The van der Waals surface area contributed by atoms with E-state index in [4.69, 9.17) is 4.74 Å². The molecule has 2 aromatic carbocycles. The van der Waals surface area contributed by atoms with Crippen molar-refractivity contribution in [3.05, 3.63) is 42.5 Å². The number of aliphatic hydroxyl groups excluding tert-OH is 1. The van der Waals surface area contributed by atoms with Crippen molar-refractivity contribution in [2.45, 2.75) is 26.3 Å². The fourth-order valence-corrected chi connectivity index (χ4v) is 4.57. The van der Waals surface area contributed by atoms with Gasteiger partial charge in [0, 0.05) is 30.2 Å². The molecule has 1 aromatic heterocycles. The van der Waals surface area contributed by atoms with Crippen molar-refractivity contribution in [3.8, 4) is 5.75 Å². The number of halogens is 1. The summed E-state index contributed by atoms with van der Waals surface area (Å²) in [7, 11) is 1.68. The first-order valence-corrected chi connectivity index (χ1v) is 12.1. The fourth-order valence-electron chi connectivity index (χ4n) is 3.28. The zero-order valence-electron chi connectivity index (χ0n) is 17.4. The second-order valence-corrected chi connectivity index (χ2v) is 8.64. The maximum atomic E-state index is 9.28. The van der Waals surface area contributed by atoms with Crippen LogP contribution in [0, 0.1) is 0 Å². The Morgan fingerprint density at radius 1 is 1.13 bits per heavy atom. The van der Waals surface area contributed by atoms with Crippen LogP contribution in [0.5, 0.6) is 5.75 Å². The van der Waals surface area contributed by atoms with Crippen LogP contribution in [0.2, 0.25) is 0 Å². The Morgan fingerprint density at radius 3 is 2.60 bits per heavy atom. The van der Waals surface area contributed by atoms with Crippen LogP contribution >= 0.6 is 27.3 Å². The van der Waals surface area contributed by atoms with Gasteiger partial charge in [-0.2, -0.15) is 0 Å². The van der Waals surface area contributed by atoms with Crippen molar-refractivity contribution >= 4 is 54.0 Å². The molecule has 0 bridgehead atoms. The number of fused-ring (bicyclic) bond motifs is 1. The second-order valence-electron chi connectivity index (χ2n) is 6.84. The van der Waals surface area contributed by atoms with E-state index in [1.54, 1.807) is 18.4 Å². The standard InChI is InChI=1S/C22H28BrN4O2S/c1-3-12-26(14-15-28)18-7-5-17(6-8-18)24-25-22-27(13-4-11-23)20-10-9-19(29-2)16-21(20)30-22/h5-10,16,28H,3-4,11-15H2,1-2H3/q+1. The summed E-state index contributed by atoms with van der Waals surface area (Å²) in [5, 5.41) is 20.1. The normalized spacial score (nSPS) is 11.5. The monoisotopic (exact) mass is 491 g/mol. The predicted octanol–water partition coefficient (Wildman–Crippen LogP) is 5.61. The summed E-state index contributed by atoms with van der Waals surface area (Å²) in [5.41, 5.74) is 3.04. The molecule has 30 heavy (non-hydrogen) atoms. The highest BCUT2D eigenvalue weighted by Crippen LogP contribution is 2.31. The van der Waals surface area contributed by atoms with E-state index in [-0.39, 0.29) is 6.61 Å². The third-order valence-corrected chi connectivity index (χ3v) is 6.33. The van der Waals surface area contributed by atoms with Gasteiger partial charge in [0.25, 0.3) is 0 Å². The van der Waals surface area contributed by atoms with E-state index in [1.807, 2.05) is 36.4 Å². The molecule has 0 fully saturated rings. The SMILES string of the molecule is CCCN(CCO)c1ccc(N=Nc2sc3cc(OC)ccc3[n+]2CCCBr)cc1. The highest BCUT2D eigenvalue weighted by molar-refractivity contribution is 9.09. The molecule has 0 unspecified atom stereocenters. The number of hydrogen-bond acceptors (Lipinski definition) is 6. The molecule has 0 aliphatic carbocycles. The number of hydrogen-bond donors (Lipinski definition) is 1. The highest BCUT2D eigenvalue weighted by Gasteiger charge is 2.19. The van der Waals surface area contributed by atoms with E-state index < -0.39 is 0 Å². The van der Waals surface area contributed by atoms with Crippen LogP contribution in [0.4, 0.5) is 16.5 Å². The number of aryl methyl sites for hydroxylation is 1. The summed E-state index contributed by atoms with van der Waals surface area (Å²) in [6.07, 6.45) is 2.05. The van der Waals surface area contributed by atoms with Gasteiger partial charge in [0.05, 0.1) is 30.1 Å². The molecule has 3 aromatic rings. The summed E-state index contributed by atoms with van der Waals surface area (Å²) in [6, 6.07) is 14.1. The summed E-state index contributed by atoms with van der Waals surface area (Å²) in [6.45, 7) is 4.71. The minimum Gasteiger partial charge on any atom is -0.497 e. The van der Waals surface area contributed by atoms with Gasteiger partial charge in [-0.3, -0.25) is 0 Å². The van der Waals surface area contributed by atoms with Gasteiger partial charge in [0.15, 0.2) is 0 Å². The molecular weight excluding hydrogens is 464 g/mol. The Labute approximate surface area is 190 Å². The molecule has 6 nitrogen and oxygen atoms in total. The number of aliphatic hydroxyl groups is 1. The average Bonchev–Trinajstić information content (AvgIpc) is 3.12. The Morgan fingerprint density at radius 2 is 1.93 bits per heavy atom. The first kappa shape index (κ1) is 22.7. The molecule has 0 atom stereocenters. The molecule has 8 heteroatoms. The number of thiazole rings is 1. The average molecular weight is 492 g/mol. The Hall–Kier alpha value is -2.03. The van der Waals surface area contributed by atoms with Crippen LogP contribution in [0.3, 0.4) is 0 Å². The lowest BCUT2D eigenvalue weighted by Gasteiger charge is -2.23. The number of ether oxygens (including phenoxy) is 1. The van der Waals surface area contributed by atoms with Crippen LogP contribution in [-0.2, 0) is 6.54 Å². The van der Waals surface area contributed by atoms with E-state index in [1.165, 1.54) is 0 Å². The Bertz CT molecular complexity index is 969. The number of anilines is 1. The number of nitrogens with zero attached hydrogens (tertiary/aromatic N) is 4. The number of rotatable bonds is 11. The lowest BCUT2D eigenvalue weighted by Crippen LogP contribution is -2.32. The molecule has 0 aliphatic heterocycles. The zero-order chi connectivity index (χ0) is 21.3. The second kappa shape index (κ2) is 11.4. The summed E-state index contributed by atoms with van der Waals surface area (Å²) in [5.74, 6) is 0.843. The van der Waals surface area contributed by atoms with E-state index in [9.17, 15) is 5.11 Å². The predicted molar refractivity (Wildman–Crippen MR) is 127 cm³/mol. The maximum Gasteiger partial charge on any atom is 0.409 e. The van der Waals surface area contributed by atoms with Crippen molar-refractivity contribution < 1.29 is 14.4 Å². The molecule has 0 radical (unpaired) electrons. The van der Waals surface area contributed by atoms with Gasteiger partial charge in [-0.15, -0.1) is 0 Å². The molecule has 3 rings (SSSR count). The van der Waals surface area contributed by atoms with Gasteiger partial charge in [0.2, 0.25) is 0 Å². The minimum atomic E-state index is 0.145. The smallest absolute Gasteiger partial charge is 0.409 e. The Balaban J connectivity index is 1.85. The van der Waals surface area contributed by atoms with Crippen LogP contribution in [-0.4, -0.2) is 37.2 Å². The third-order valence-electron chi connectivity index (χ3n) is 4.73. The molecule has 0 spiro atoms. The molecule has 1 N–H and O–H groups in total. The number of azo groups is 1. The molecule has 0 aliphatic rings. The van der Waals surface area contributed by atoms with E-state index in [0.717, 1.165) is 63.7 Å². The van der Waals surface area contributed by atoms with Crippen molar-refractivity contribution in [2.24, 2.45) is 10.2 Å². The molecule has 0 saturated heterocycles. The van der Waals surface area contributed by atoms with Gasteiger partial charge >= 0.3 is 5.13 Å². The van der Waals surface area contributed by atoms with Gasteiger partial charge in [-0.1, -0.05) is 22.9 Å². The fraction of sp³-hybridized carbons (Fsp3) is 0.409. The summed E-state index contributed by atoms with van der Waals surface area (Å²) >= 11 is 5.13. The molecule has 160 valence electrons. The van der Waals surface area contributed by atoms with Crippen LogP contribution in [0.1, 0.15) is 19.8 Å². The quantitative estimate of drug-likeness (QED) is 0.215. The van der Waals surface area contributed by atoms with E-state index >= 15 is 0 Å². The van der Waals surface area contributed by atoms with Gasteiger partial charge in [-0.25, -0.2) is 4.57 Å². The molecule has 0 amide bonds. The van der Waals surface area contributed by atoms with Crippen LogP contribution in [0.15, 0.2) is 52.7 Å². The van der Waals surface area contributed by atoms with E-state index in [2.05, 4.69) is 48.6 Å². The summed E-state index contributed by atoms with van der Waals surface area (Å²) in [4.78, 5) is 2.18. The number of benzene rings is 2. The van der Waals surface area contributed by atoms with Crippen LogP contribution < -0.4 is 14.2 Å². The first-order chi connectivity index (χ1) is 14.7. The van der Waals surface area contributed by atoms with Crippen LogP contribution in [0.25, 0.3) is 10.2 Å². The third kappa shape index (κ3) is 5.56. The van der Waals surface area contributed by atoms with Crippen molar-refractivity contribution in [1.82, 2.24) is 0 Å². The Kier molecular flexibility index (Phi) is 8.60. The molecule has 1 heterocycles. The van der Waals surface area contributed by atoms with Gasteiger partial charge in [-0.05, 0) is 65.7 Å². The lowest BCUT2D eigenvalue weighted by atomic mass is 10.2. The maximum absolute atomic E-state index is 9.28. The largest absolute Gasteiger partial charge is 0.497 e. The van der Waals surface area contributed by atoms with Crippen molar-refractivity contribution in [1.29, 1.82) is 0 Å². The van der Waals surface area contributed by atoms with Gasteiger partial charge < -0.3 is 14.7 Å². The molecule has 0 saturated carbocycles.